The zero-order valence-corrected chi connectivity index (χ0v) is 11.3. The fourth-order valence-corrected chi connectivity index (χ4v) is 1.97. The lowest BCUT2D eigenvalue weighted by Gasteiger charge is -2.34. The predicted molar refractivity (Wildman–Crippen MR) is 65.2 cm³/mol. The largest absolute Gasteiger partial charge is 0.422 e. The highest BCUT2D eigenvalue weighted by atomic mass is 19.4. The van der Waals surface area contributed by atoms with Crippen LogP contribution in [0.5, 0.6) is 0 Å². The Morgan fingerprint density at radius 2 is 1.42 bits per heavy atom. The van der Waals surface area contributed by atoms with E-state index in [4.69, 9.17) is 0 Å². The van der Waals surface area contributed by atoms with E-state index < -0.39 is 46.6 Å². The smallest absolute Gasteiger partial charge is 0.355 e. The van der Waals surface area contributed by atoms with Gasteiger partial charge in [-0.3, -0.25) is 0 Å². The van der Waals surface area contributed by atoms with Gasteiger partial charge in [0.1, 0.15) is 0 Å². The van der Waals surface area contributed by atoms with Crippen molar-refractivity contribution < 1.29 is 39.6 Å². The Kier molecular flexibility index (Phi) is 4.23. The standard InChI is InChI=1S/C13H7F9N2/c14-11(15,16)8-6-24(22)13(20,21)10(12(17,18)19)9(8)23-7-4-2-1-3-5-7/h1-6,23H. The highest BCUT2D eigenvalue weighted by Crippen LogP contribution is 2.49. The Bertz CT molecular complexity index is 671. The van der Waals surface area contributed by atoms with Crippen LogP contribution < -0.4 is 5.32 Å². The molecule has 0 spiro atoms. The molecule has 24 heavy (non-hydrogen) atoms. The van der Waals surface area contributed by atoms with Crippen molar-refractivity contribution in [1.29, 1.82) is 0 Å². The number of benzene rings is 1. The van der Waals surface area contributed by atoms with E-state index in [-0.39, 0.29) is 5.69 Å². The van der Waals surface area contributed by atoms with Crippen LogP contribution >= 0.6 is 0 Å². The number of hydrogen-bond donors (Lipinski definition) is 1. The Balaban J connectivity index is 2.71. The summed E-state index contributed by atoms with van der Waals surface area (Å²) < 4.78 is 118. The first-order chi connectivity index (χ1) is 10.8. The predicted octanol–water partition coefficient (Wildman–Crippen LogP) is 5.15. The molecule has 1 N–H and O–H groups in total. The molecule has 1 aromatic carbocycles. The van der Waals surface area contributed by atoms with Gasteiger partial charge in [-0.2, -0.15) is 35.1 Å². The first kappa shape index (κ1) is 18.0. The van der Waals surface area contributed by atoms with Crippen LogP contribution in [-0.4, -0.2) is 23.5 Å². The molecule has 0 amide bonds. The average Bonchev–Trinajstić information content (AvgIpc) is 2.40. The average molecular weight is 362 g/mol. The second-order valence-electron chi connectivity index (χ2n) is 4.63. The van der Waals surface area contributed by atoms with E-state index in [1.165, 1.54) is 18.2 Å². The molecule has 1 aromatic rings. The van der Waals surface area contributed by atoms with E-state index in [9.17, 15) is 39.6 Å². The molecule has 0 fully saturated rings. The third kappa shape index (κ3) is 3.29. The molecular weight excluding hydrogens is 355 g/mol. The first-order valence-electron chi connectivity index (χ1n) is 6.11. The van der Waals surface area contributed by atoms with E-state index in [2.05, 4.69) is 0 Å². The molecule has 132 valence electrons. The van der Waals surface area contributed by atoms with Gasteiger partial charge in [0.15, 0.2) is 5.57 Å². The molecule has 0 aliphatic carbocycles. The van der Waals surface area contributed by atoms with E-state index in [0.717, 1.165) is 12.1 Å². The molecule has 0 saturated heterocycles. The molecular formula is C13H7F9N2. The van der Waals surface area contributed by atoms with E-state index >= 15 is 0 Å². The van der Waals surface area contributed by atoms with Gasteiger partial charge >= 0.3 is 18.4 Å². The van der Waals surface area contributed by atoms with Crippen LogP contribution in [0.2, 0.25) is 0 Å². The maximum atomic E-state index is 13.6. The Hall–Kier alpha value is -2.33. The van der Waals surface area contributed by atoms with Crippen molar-refractivity contribution >= 4 is 5.69 Å². The number of alkyl halides is 8. The van der Waals surface area contributed by atoms with Gasteiger partial charge in [-0.15, -0.1) is 5.12 Å². The van der Waals surface area contributed by atoms with Crippen LogP contribution in [-0.2, 0) is 0 Å². The molecule has 2 nitrogen and oxygen atoms in total. The van der Waals surface area contributed by atoms with E-state index in [1.54, 1.807) is 5.32 Å². The number of nitrogens with zero attached hydrogens (tertiary/aromatic N) is 1. The second-order valence-corrected chi connectivity index (χ2v) is 4.63. The van der Waals surface area contributed by atoms with Gasteiger partial charge in [-0.05, 0) is 12.1 Å². The molecule has 0 unspecified atom stereocenters. The Labute approximate surface area is 128 Å². The molecule has 0 bridgehead atoms. The summed E-state index contributed by atoms with van der Waals surface area (Å²) in [6, 6.07) is 0.725. The third-order valence-corrected chi connectivity index (χ3v) is 2.96. The fraction of sp³-hybridized carbons (Fsp3) is 0.231. The normalized spacial score (nSPS) is 18.5. The number of para-hydroxylation sites is 1. The van der Waals surface area contributed by atoms with Gasteiger partial charge in [-0.1, -0.05) is 22.7 Å². The van der Waals surface area contributed by atoms with Crippen LogP contribution in [0, 0.1) is 0 Å². The zero-order chi connectivity index (χ0) is 18.3. The second kappa shape index (κ2) is 5.64. The number of allylic oxidation sites excluding steroid dienone is 1. The minimum Gasteiger partial charge on any atom is -0.355 e. The van der Waals surface area contributed by atoms with Gasteiger partial charge in [0, 0.05) is 5.69 Å². The number of nitrogens with one attached hydrogen (secondary N) is 1. The van der Waals surface area contributed by atoms with Crippen molar-refractivity contribution in [1.82, 2.24) is 5.12 Å². The minimum atomic E-state index is -5.92. The third-order valence-electron chi connectivity index (χ3n) is 2.96. The number of anilines is 1. The van der Waals surface area contributed by atoms with Crippen LogP contribution in [0.4, 0.5) is 45.3 Å². The van der Waals surface area contributed by atoms with Crippen LogP contribution in [0.3, 0.4) is 0 Å². The van der Waals surface area contributed by atoms with Gasteiger partial charge in [0.05, 0.1) is 17.5 Å². The lowest BCUT2D eigenvalue weighted by atomic mass is 10.0. The monoisotopic (exact) mass is 362 g/mol. The molecule has 11 heteroatoms. The van der Waals surface area contributed by atoms with Gasteiger partial charge in [0.25, 0.3) is 0 Å². The number of rotatable bonds is 2. The van der Waals surface area contributed by atoms with Crippen molar-refractivity contribution in [3.05, 3.63) is 53.4 Å². The molecule has 1 aliphatic rings. The molecule has 0 saturated carbocycles. The molecule has 0 radical (unpaired) electrons. The van der Waals surface area contributed by atoms with Gasteiger partial charge < -0.3 is 5.32 Å². The van der Waals surface area contributed by atoms with Crippen LogP contribution in [0.25, 0.3) is 0 Å². The van der Waals surface area contributed by atoms with Crippen LogP contribution in [0.15, 0.2) is 53.4 Å². The molecule has 1 aliphatic heterocycles. The highest BCUT2D eigenvalue weighted by molar-refractivity contribution is 5.58. The quantitative estimate of drug-likeness (QED) is 0.445. The molecule has 0 aromatic heterocycles. The van der Waals surface area contributed by atoms with Crippen molar-refractivity contribution in [3.8, 4) is 0 Å². The summed E-state index contributed by atoms with van der Waals surface area (Å²) >= 11 is 0. The SMILES string of the molecule is FN1C=C(C(F)(F)F)C(Nc2ccccc2)=C(C(F)(F)F)C1(F)F. The van der Waals surface area contributed by atoms with Crippen molar-refractivity contribution in [2.45, 2.75) is 18.4 Å². The maximum Gasteiger partial charge on any atom is 0.422 e. The number of hydrogen-bond acceptors (Lipinski definition) is 2. The lowest BCUT2D eigenvalue weighted by Crippen LogP contribution is -2.46. The summed E-state index contributed by atoms with van der Waals surface area (Å²) in [6.45, 7) is 0. The summed E-state index contributed by atoms with van der Waals surface area (Å²) in [5.74, 6) is 0. The van der Waals surface area contributed by atoms with Gasteiger partial charge in [0.2, 0.25) is 0 Å². The highest BCUT2D eigenvalue weighted by Gasteiger charge is 2.61. The van der Waals surface area contributed by atoms with Crippen LogP contribution in [0.1, 0.15) is 0 Å². The zero-order valence-electron chi connectivity index (χ0n) is 11.3. The fourth-order valence-electron chi connectivity index (χ4n) is 1.97. The van der Waals surface area contributed by atoms with Crippen molar-refractivity contribution in [3.63, 3.8) is 0 Å². The summed E-state index contributed by atoms with van der Waals surface area (Å²) in [4.78, 5) is 0. The summed E-state index contributed by atoms with van der Waals surface area (Å²) in [5.41, 5.74) is -7.46. The first-order valence-corrected chi connectivity index (χ1v) is 6.11. The topological polar surface area (TPSA) is 15.3 Å². The molecule has 0 atom stereocenters. The van der Waals surface area contributed by atoms with Crippen molar-refractivity contribution in [2.24, 2.45) is 0 Å². The summed E-state index contributed by atoms with van der Waals surface area (Å²) in [7, 11) is 0. The lowest BCUT2D eigenvalue weighted by molar-refractivity contribution is -0.223. The Morgan fingerprint density at radius 1 is 0.875 bits per heavy atom. The van der Waals surface area contributed by atoms with E-state index in [0.29, 0.717) is 0 Å². The summed E-state index contributed by atoms with van der Waals surface area (Å²) in [5, 5.41) is -0.240. The molecule has 1 heterocycles. The summed E-state index contributed by atoms with van der Waals surface area (Å²) in [6.07, 6.45) is -12.1. The van der Waals surface area contributed by atoms with Gasteiger partial charge in [-0.25, -0.2) is 0 Å². The Morgan fingerprint density at radius 3 is 1.88 bits per heavy atom. The molecule has 2 rings (SSSR count). The van der Waals surface area contributed by atoms with Crippen molar-refractivity contribution in [2.75, 3.05) is 5.32 Å². The number of halogens is 9. The minimum absolute atomic E-state index is 0.312. The maximum absolute atomic E-state index is 13.6. The van der Waals surface area contributed by atoms with E-state index in [1.807, 2.05) is 0 Å².